The Kier molecular flexibility index (Phi) is 5.13. The molecule has 3 rings (SSSR count). The molecule has 0 radical (unpaired) electrons. The van der Waals surface area contributed by atoms with Gasteiger partial charge in [0, 0.05) is 31.5 Å². The lowest BCUT2D eigenvalue weighted by atomic mass is 9.75. The molecule has 1 aromatic heterocycles. The second-order valence-corrected chi connectivity index (χ2v) is 6.72. The lowest BCUT2D eigenvalue weighted by molar-refractivity contribution is 0.202. The molecule has 0 amide bonds. The van der Waals surface area contributed by atoms with E-state index in [-0.39, 0.29) is 0 Å². The molecule has 2 fully saturated rings. The Hall–Kier alpha value is -1.09. The van der Waals surface area contributed by atoms with Crippen molar-refractivity contribution in [3.05, 3.63) is 24.0 Å². The molecule has 0 bridgehead atoms. The minimum Gasteiger partial charge on any atom is -0.371 e. The van der Waals surface area contributed by atoms with Gasteiger partial charge in [-0.25, -0.2) is 0 Å². The van der Waals surface area contributed by atoms with Crippen molar-refractivity contribution in [3.63, 3.8) is 0 Å². The second kappa shape index (κ2) is 7.26. The number of aromatic nitrogens is 1. The van der Waals surface area contributed by atoms with Crippen LogP contribution >= 0.6 is 0 Å². The zero-order valence-corrected chi connectivity index (χ0v) is 13.4. The van der Waals surface area contributed by atoms with Crippen molar-refractivity contribution in [3.8, 4) is 0 Å². The van der Waals surface area contributed by atoms with E-state index in [0.717, 1.165) is 24.9 Å². The van der Waals surface area contributed by atoms with Crippen molar-refractivity contribution in [2.75, 3.05) is 24.5 Å². The predicted octanol–water partition coefficient (Wildman–Crippen LogP) is 3.60. The molecule has 0 spiro atoms. The fourth-order valence-electron chi connectivity index (χ4n) is 3.99. The highest BCUT2D eigenvalue weighted by molar-refractivity contribution is 5.47. The molecule has 1 saturated heterocycles. The van der Waals surface area contributed by atoms with Crippen LogP contribution in [-0.2, 0) is 6.54 Å². The molecular formula is C18H29N3. The van der Waals surface area contributed by atoms with Gasteiger partial charge in [0.1, 0.15) is 0 Å². The first kappa shape index (κ1) is 14.8. The van der Waals surface area contributed by atoms with E-state index in [0.29, 0.717) is 0 Å². The molecule has 1 N–H and O–H groups in total. The van der Waals surface area contributed by atoms with Crippen molar-refractivity contribution in [1.82, 2.24) is 10.3 Å². The molecule has 2 unspecified atom stereocenters. The average Bonchev–Trinajstić information content (AvgIpc) is 2.55. The fraction of sp³-hybridized carbons (Fsp3) is 0.722. The van der Waals surface area contributed by atoms with Gasteiger partial charge in [-0.1, -0.05) is 26.2 Å². The molecule has 1 aliphatic heterocycles. The number of hydrogen-bond donors (Lipinski definition) is 1. The minimum absolute atomic E-state index is 0.890. The molecule has 3 heteroatoms. The first-order valence-electron chi connectivity index (χ1n) is 8.77. The van der Waals surface area contributed by atoms with E-state index in [9.17, 15) is 0 Å². The Morgan fingerprint density at radius 1 is 1.24 bits per heavy atom. The molecule has 2 atom stereocenters. The van der Waals surface area contributed by atoms with E-state index < -0.39 is 0 Å². The van der Waals surface area contributed by atoms with Gasteiger partial charge in [-0.2, -0.15) is 0 Å². The summed E-state index contributed by atoms with van der Waals surface area (Å²) >= 11 is 0. The van der Waals surface area contributed by atoms with Gasteiger partial charge in [0.25, 0.3) is 0 Å². The first-order valence-corrected chi connectivity index (χ1v) is 8.77. The molecule has 0 aromatic carbocycles. The van der Waals surface area contributed by atoms with Crippen molar-refractivity contribution >= 4 is 5.69 Å². The molecule has 21 heavy (non-hydrogen) atoms. The summed E-state index contributed by atoms with van der Waals surface area (Å²) in [6.07, 6.45) is 10.4. The summed E-state index contributed by atoms with van der Waals surface area (Å²) in [6, 6.07) is 4.47. The first-order chi connectivity index (χ1) is 10.4. The molecule has 3 nitrogen and oxygen atoms in total. The number of anilines is 1. The highest BCUT2D eigenvalue weighted by atomic mass is 15.1. The maximum Gasteiger partial charge on any atom is 0.0562 e. The third kappa shape index (κ3) is 3.76. The SMILES string of the molecule is CCCNCc1cc(N2CCC3CCCCC3C2)ccn1. The number of nitrogens with one attached hydrogen (secondary N) is 1. The van der Waals surface area contributed by atoms with Gasteiger partial charge < -0.3 is 10.2 Å². The monoisotopic (exact) mass is 287 g/mol. The van der Waals surface area contributed by atoms with Crippen LogP contribution in [0.3, 0.4) is 0 Å². The summed E-state index contributed by atoms with van der Waals surface area (Å²) in [5, 5.41) is 3.45. The van der Waals surface area contributed by atoms with Gasteiger partial charge in [-0.05, 0) is 49.8 Å². The van der Waals surface area contributed by atoms with E-state index in [2.05, 4.69) is 34.3 Å². The summed E-state index contributed by atoms with van der Waals surface area (Å²) in [6.45, 7) is 6.65. The van der Waals surface area contributed by atoms with Crippen LogP contribution in [0.1, 0.15) is 51.1 Å². The quantitative estimate of drug-likeness (QED) is 0.839. The van der Waals surface area contributed by atoms with Crippen LogP contribution in [0, 0.1) is 11.8 Å². The lowest BCUT2D eigenvalue weighted by Gasteiger charge is -2.42. The largest absolute Gasteiger partial charge is 0.371 e. The molecule has 1 aromatic rings. The van der Waals surface area contributed by atoms with Crippen LogP contribution in [0.2, 0.25) is 0 Å². The van der Waals surface area contributed by atoms with Gasteiger partial charge in [0.15, 0.2) is 0 Å². The van der Waals surface area contributed by atoms with Gasteiger partial charge in [0.2, 0.25) is 0 Å². The predicted molar refractivity (Wildman–Crippen MR) is 88.5 cm³/mol. The fourth-order valence-corrected chi connectivity index (χ4v) is 3.99. The Morgan fingerprint density at radius 2 is 2.10 bits per heavy atom. The van der Waals surface area contributed by atoms with Crippen LogP contribution in [-0.4, -0.2) is 24.6 Å². The summed E-state index contributed by atoms with van der Waals surface area (Å²) < 4.78 is 0. The van der Waals surface area contributed by atoms with E-state index >= 15 is 0 Å². The van der Waals surface area contributed by atoms with E-state index in [1.807, 2.05) is 6.20 Å². The number of piperidine rings is 1. The molecule has 1 aliphatic carbocycles. The van der Waals surface area contributed by atoms with Crippen LogP contribution in [0.15, 0.2) is 18.3 Å². The maximum atomic E-state index is 4.50. The molecule has 1 saturated carbocycles. The minimum atomic E-state index is 0.890. The zero-order chi connectivity index (χ0) is 14.5. The van der Waals surface area contributed by atoms with Gasteiger partial charge in [-0.15, -0.1) is 0 Å². The normalized spacial score (nSPS) is 25.7. The average molecular weight is 287 g/mol. The highest BCUT2D eigenvalue weighted by Crippen LogP contribution is 2.37. The Balaban J connectivity index is 1.62. The number of pyridine rings is 1. The third-order valence-corrected chi connectivity index (χ3v) is 5.19. The van der Waals surface area contributed by atoms with Gasteiger partial charge in [0.05, 0.1) is 5.69 Å². The van der Waals surface area contributed by atoms with E-state index in [4.69, 9.17) is 0 Å². The molecular weight excluding hydrogens is 258 g/mol. The Labute approximate surface area is 129 Å². The Bertz CT molecular complexity index is 446. The van der Waals surface area contributed by atoms with Crippen molar-refractivity contribution < 1.29 is 0 Å². The van der Waals surface area contributed by atoms with Gasteiger partial charge >= 0.3 is 0 Å². The molecule has 2 heterocycles. The highest BCUT2D eigenvalue weighted by Gasteiger charge is 2.31. The van der Waals surface area contributed by atoms with E-state index in [1.165, 1.54) is 63.0 Å². The summed E-state index contributed by atoms with van der Waals surface area (Å²) in [5.74, 6) is 1.94. The molecule has 2 aliphatic rings. The Morgan fingerprint density at radius 3 is 2.95 bits per heavy atom. The smallest absolute Gasteiger partial charge is 0.0562 e. The standard InChI is InChI=1S/C18H29N3/c1-2-9-19-13-17-12-18(7-10-20-17)21-11-8-15-5-3-4-6-16(15)14-21/h7,10,12,15-16,19H,2-6,8-9,11,13-14H2,1H3. The summed E-state index contributed by atoms with van der Waals surface area (Å²) in [4.78, 5) is 7.09. The van der Waals surface area contributed by atoms with Crippen molar-refractivity contribution in [1.29, 1.82) is 0 Å². The number of rotatable bonds is 5. The van der Waals surface area contributed by atoms with Crippen molar-refractivity contribution in [2.45, 2.75) is 52.0 Å². The van der Waals surface area contributed by atoms with Crippen LogP contribution in [0.4, 0.5) is 5.69 Å². The van der Waals surface area contributed by atoms with Gasteiger partial charge in [-0.3, -0.25) is 4.98 Å². The topological polar surface area (TPSA) is 28.2 Å². The third-order valence-electron chi connectivity index (χ3n) is 5.19. The molecule has 116 valence electrons. The number of hydrogen-bond acceptors (Lipinski definition) is 3. The lowest BCUT2D eigenvalue weighted by Crippen LogP contribution is -2.41. The van der Waals surface area contributed by atoms with E-state index in [1.54, 1.807) is 0 Å². The summed E-state index contributed by atoms with van der Waals surface area (Å²) in [5.41, 5.74) is 2.55. The van der Waals surface area contributed by atoms with Crippen LogP contribution in [0.5, 0.6) is 0 Å². The number of fused-ring (bicyclic) bond motifs is 1. The maximum absolute atomic E-state index is 4.50. The number of nitrogens with zero attached hydrogens (tertiary/aromatic N) is 2. The van der Waals surface area contributed by atoms with Crippen LogP contribution in [0.25, 0.3) is 0 Å². The van der Waals surface area contributed by atoms with Crippen LogP contribution < -0.4 is 10.2 Å². The summed E-state index contributed by atoms with van der Waals surface area (Å²) in [7, 11) is 0. The second-order valence-electron chi connectivity index (χ2n) is 6.72. The zero-order valence-electron chi connectivity index (χ0n) is 13.4. The van der Waals surface area contributed by atoms with Crippen molar-refractivity contribution in [2.24, 2.45) is 11.8 Å².